The molecule has 1 atom stereocenters. The van der Waals surface area contributed by atoms with E-state index in [1.54, 1.807) is 19.1 Å². The number of rotatable bonds is 4. The molecule has 0 aliphatic carbocycles. The predicted octanol–water partition coefficient (Wildman–Crippen LogP) is 2.56. The van der Waals surface area contributed by atoms with Gasteiger partial charge in [0.15, 0.2) is 0 Å². The Balaban J connectivity index is 2.87. The quantitative estimate of drug-likeness (QED) is 0.830. The second-order valence-electron chi connectivity index (χ2n) is 3.92. The van der Waals surface area contributed by atoms with Crippen molar-refractivity contribution in [3.05, 3.63) is 35.1 Å². The first kappa shape index (κ1) is 12.1. The lowest BCUT2D eigenvalue weighted by Gasteiger charge is -2.19. The van der Waals surface area contributed by atoms with Crippen LogP contribution in [-0.2, 0) is 4.74 Å². The van der Waals surface area contributed by atoms with Crippen LogP contribution in [0, 0.1) is 12.7 Å². The van der Waals surface area contributed by atoms with Gasteiger partial charge in [0.25, 0.3) is 0 Å². The number of hydrogen-bond donors (Lipinski definition) is 1. The van der Waals surface area contributed by atoms with Gasteiger partial charge in [-0.1, -0.05) is 12.1 Å². The summed E-state index contributed by atoms with van der Waals surface area (Å²) in [6.07, 6.45) is -0.0341. The highest BCUT2D eigenvalue weighted by Crippen LogP contribution is 2.20. The summed E-state index contributed by atoms with van der Waals surface area (Å²) in [5.74, 6) is -0.195. The highest BCUT2D eigenvalue weighted by atomic mass is 19.1. The zero-order valence-electron chi connectivity index (χ0n) is 9.46. The molecule has 0 spiro atoms. The third-order valence-electron chi connectivity index (χ3n) is 2.20. The minimum absolute atomic E-state index is 0.115. The number of nitrogens with two attached hydrogens (primary N) is 1. The maximum Gasteiger partial charge on any atom is 0.126 e. The highest BCUT2D eigenvalue weighted by molar-refractivity contribution is 5.26. The minimum Gasteiger partial charge on any atom is -0.370 e. The molecule has 0 bridgehead atoms. The van der Waals surface area contributed by atoms with Gasteiger partial charge in [-0.3, -0.25) is 0 Å². The van der Waals surface area contributed by atoms with Crippen LogP contribution in [0.1, 0.15) is 31.1 Å². The van der Waals surface area contributed by atoms with Crippen molar-refractivity contribution >= 4 is 0 Å². The maximum atomic E-state index is 13.1. The van der Waals surface area contributed by atoms with Gasteiger partial charge in [0.2, 0.25) is 0 Å². The third-order valence-corrected chi connectivity index (χ3v) is 2.20. The van der Waals surface area contributed by atoms with Gasteiger partial charge in [-0.2, -0.15) is 0 Å². The Kier molecular flexibility index (Phi) is 4.24. The summed E-state index contributed by atoms with van der Waals surface area (Å²) >= 11 is 0. The summed E-state index contributed by atoms with van der Waals surface area (Å²) in [6.45, 7) is 6.06. The summed E-state index contributed by atoms with van der Waals surface area (Å²) in [4.78, 5) is 0. The largest absolute Gasteiger partial charge is 0.370 e. The van der Waals surface area contributed by atoms with Crippen molar-refractivity contribution < 1.29 is 9.13 Å². The van der Waals surface area contributed by atoms with Crippen molar-refractivity contribution in [2.24, 2.45) is 5.73 Å². The van der Waals surface area contributed by atoms with E-state index >= 15 is 0 Å². The number of ether oxygens (including phenoxy) is 1. The molecule has 0 saturated heterocycles. The summed E-state index contributed by atoms with van der Waals surface area (Å²) in [5.41, 5.74) is 7.18. The van der Waals surface area contributed by atoms with Crippen LogP contribution in [0.4, 0.5) is 4.39 Å². The first-order valence-corrected chi connectivity index (χ1v) is 5.16. The molecule has 0 aliphatic rings. The maximum absolute atomic E-state index is 13.1. The molecule has 15 heavy (non-hydrogen) atoms. The Bertz CT molecular complexity index is 325. The van der Waals surface area contributed by atoms with Crippen LogP contribution >= 0.6 is 0 Å². The molecule has 1 aromatic rings. The van der Waals surface area contributed by atoms with Crippen LogP contribution in [0.15, 0.2) is 18.2 Å². The van der Waals surface area contributed by atoms with Crippen LogP contribution in [-0.4, -0.2) is 12.6 Å². The fraction of sp³-hybridized carbons (Fsp3) is 0.500. The van der Waals surface area contributed by atoms with Gasteiger partial charge in [-0.05, 0) is 38.0 Å². The molecule has 3 heteroatoms. The van der Waals surface area contributed by atoms with Gasteiger partial charge in [0.05, 0.1) is 12.2 Å². The SMILES string of the molecule is Cc1cc(C(CN)OC(C)C)ccc1F. The molecule has 0 saturated carbocycles. The van der Waals surface area contributed by atoms with E-state index in [0.717, 1.165) is 5.56 Å². The van der Waals surface area contributed by atoms with Crippen molar-refractivity contribution in [2.45, 2.75) is 33.0 Å². The molecule has 0 fully saturated rings. The van der Waals surface area contributed by atoms with Gasteiger partial charge in [0, 0.05) is 6.54 Å². The molecule has 0 amide bonds. The van der Waals surface area contributed by atoms with E-state index in [2.05, 4.69) is 0 Å². The van der Waals surface area contributed by atoms with E-state index in [1.165, 1.54) is 6.07 Å². The monoisotopic (exact) mass is 211 g/mol. The van der Waals surface area contributed by atoms with Gasteiger partial charge in [-0.25, -0.2) is 4.39 Å². The minimum atomic E-state index is -0.195. The number of hydrogen-bond acceptors (Lipinski definition) is 2. The molecular weight excluding hydrogens is 193 g/mol. The summed E-state index contributed by atoms with van der Waals surface area (Å²) < 4.78 is 18.7. The van der Waals surface area contributed by atoms with Gasteiger partial charge in [-0.15, -0.1) is 0 Å². The lowest BCUT2D eigenvalue weighted by atomic mass is 10.1. The number of aryl methyl sites for hydroxylation is 1. The van der Waals surface area contributed by atoms with E-state index in [4.69, 9.17) is 10.5 Å². The van der Waals surface area contributed by atoms with Crippen molar-refractivity contribution in [2.75, 3.05) is 6.54 Å². The lowest BCUT2D eigenvalue weighted by molar-refractivity contribution is 0.0119. The first-order valence-electron chi connectivity index (χ1n) is 5.16. The standard InChI is InChI=1S/C12H18FNO/c1-8(2)15-12(7-14)10-4-5-11(13)9(3)6-10/h4-6,8,12H,7,14H2,1-3H3. The summed E-state index contributed by atoms with van der Waals surface area (Å²) in [7, 11) is 0. The zero-order valence-corrected chi connectivity index (χ0v) is 9.46. The van der Waals surface area contributed by atoms with Crippen molar-refractivity contribution in [3.63, 3.8) is 0 Å². The fourth-order valence-electron chi connectivity index (χ4n) is 1.47. The van der Waals surface area contributed by atoms with E-state index in [1.807, 2.05) is 13.8 Å². The first-order chi connectivity index (χ1) is 7.04. The molecule has 1 rings (SSSR count). The smallest absolute Gasteiger partial charge is 0.126 e. The average molecular weight is 211 g/mol. The molecule has 1 aromatic carbocycles. The topological polar surface area (TPSA) is 35.2 Å². The molecule has 0 heterocycles. The highest BCUT2D eigenvalue weighted by Gasteiger charge is 2.12. The molecule has 0 radical (unpaired) electrons. The molecular formula is C12H18FNO. The Morgan fingerprint density at radius 2 is 2.07 bits per heavy atom. The van der Waals surface area contributed by atoms with Crippen molar-refractivity contribution in [3.8, 4) is 0 Å². The number of halogens is 1. The Hall–Kier alpha value is -0.930. The lowest BCUT2D eigenvalue weighted by Crippen LogP contribution is -2.19. The van der Waals surface area contributed by atoms with E-state index in [-0.39, 0.29) is 18.0 Å². The second kappa shape index (κ2) is 5.24. The van der Waals surface area contributed by atoms with Crippen LogP contribution < -0.4 is 5.73 Å². The zero-order chi connectivity index (χ0) is 11.4. The fourth-order valence-corrected chi connectivity index (χ4v) is 1.47. The molecule has 0 aliphatic heterocycles. The van der Waals surface area contributed by atoms with Gasteiger partial charge < -0.3 is 10.5 Å². The number of benzene rings is 1. The van der Waals surface area contributed by atoms with Crippen LogP contribution in [0.5, 0.6) is 0 Å². The van der Waals surface area contributed by atoms with Crippen LogP contribution in [0.3, 0.4) is 0 Å². The van der Waals surface area contributed by atoms with Crippen molar-refractivity contribution in [1.82, 2.24) is 0 Å². The van der Waals surface area contributed by atoms with Crippen molar-refractivity contribution in [1.29, 1.82) is 0 Å². The molecule has 0 aromatic heterocycles. The van der Waals surface area contributed by atoms with E-state index < -0.39 is 0 Å². The Morgan fingerprint density at radius 3 is 2.53 bits per heavy atom. The predicted molar refractivity (Wildman–Crippen MR) is 59.2 cm³/mol. The third kappa shape index (κ3) is 3.29. The average Bonchev–Trinajstić information content (AvgIpc) is 2.18. The van der Waals surface area contributed by atoms with Crippen LogP contribution in [0.2, 0.25) is 0 Å². The molecule has 84 valence electrons. The van der Waals surface area contributed by atoms with E-state index in [0.29, 0.717) is 12.1 Å². The summed E-state index contributed by atoms with van der Waals surface area (Å²) in [6, 6.07) is 4.97. The summed E-state index contributed by atoms with van der Waals surface area (Å²) in [5, 5.41) is 0. The molecule has 2 N–H and O–H groups in total. The second-order valence-corrected chi connectivity index (χ2v) is 3.92. The normalized spacial score (nSPS) is 13.2. The van der Waals surface area contributed by atoms with E-state index in [9.17, 15) is 4.39 Å². The Morgan fingerprint density at radius 1 is 1.40 bits per heavy atom. The van der Waals surface area contributed by atoms with Crippen LogP contribution in [0.25, 0.3) is 0 Å². The molecule has 2 nitrogen and oxygen atoms in total. The Labute approximate surface area is 90.2 Å². The molecule has 1 unspecified atom stereocenters. The van der Waals surface area contributed by atoms with Gasteiger partial charge in [0.1, 0.15) is 5.82 Å². The van der Waals surface area contributed by atoms with Gasteiger partial charge >= 0.3 is 0 Å².